The van der Waals surface area contributed by atoms with E-state index >= 15 is 19.2 Å². The molecule has 0 radical (unpaired) electrons. The highest BCUT2D eigenvalue weighted by molar-refractivity contribution is 5.92. The molecule has 0 heterocycles. The maximum absolute atomic E-state index is 15.6. The van der Waals surface area contributed by atoms with Crippen LogP contribution >= 0.6 is 0 Å². The SMILES string of the molecule is CCN(CCOC(=O)C12CC3(C(=O)OCCN(CC)c4ccc(N=Nc5ccc([N+](=O)[O-])cc5)cc4)CC(C(=O)OCCN(CC)c4ccc(N=Nc5ccc([N+](=O)[O-])cc5)cc4)(C1)CC(C(=O)OCCN(CC)c1ccc(N=Nc4ccc([N+](=O)[O-])cc4)cc1)(C2)C3)c1ccc(N=Nc2ccc([N+](=O)[O-])cc2)cc1. The van der Waals surface area contributed by atoms with Gasteiger partial charge < -0.3 is 38.5 Å². The Hall–Kier alpha value is -13.2. The molecule has 4 bridgehead atoms. The third-order valence-electron chi connectivity index (χ3n) is 19.9. The van der Waals surface area contributed by atoms with Crippen molar-refractivity contribution in [3.8, 4) is 0 Å². The van der Waals surface area contributed by atoms with Crippen LogP contribution in [-0.2, 0) is 38.1 Å². The lowest BCUT2D eigenvalue weighted by Crippen LogP contribution is -2.69. The van der Waals surface area contributed by atoms with E-state index in [2.05, 4.69) is 40.9 Å². The van der Waals surface area contributed by atoms with E-state index in [9.17, 15) is 40.5 Å². The van der Waals surface area contributed by atoms with E-state index in [1.54, 1.807) is 48.5 Å². The highest BCUT2D eigenvalue weighted by atomic mass is 16.6. The van der Waals surface area contributed by atoms with Crippen LogP contribution in [0, 0.1) is 62.1 Å². The van der Waals surface area contributed by atoms with Crippen LogP contribution in [0.3, 0.4) is 0 Å². The van der Waals surface area contributed by atoms with Gasteiger partial charge >= 0.3 is 23.9 Å². The molecule has 0 N–H and O–H groups in total. The first-order valence-corrected chi connectivity index (χ1v) is 35.8. The lowest BCUT2D eigenvalue weighted by Gasteiger charge is -2.66. The molecule has 4 fully saturated rings. The van der Waals surface area contributed by atoms with Crippen molar-refractivity contribution in [1.82, 2.24) is 0 Å². The number of benzene rings is 8. The first-order chi connectivity index (χ1) is 53.0. The van der Waals surface area contributed by atoms with Crippen molar-refractivity contribution in [1.29, 1.82) is 0 Å². The zero-order valence-electron chi connectivity index (χ0n) is 60.9. The van der Waals surface area contributed by atoms with Crippen LogP contribution in [0.2, 0.25) is 0 Å². The minimum atomic E-state index is -1.62. The van der Waals surface area contributed by atoms with E-state index in [1.165, 1.54) is 97.1 Å². The van der Waals surface area contributed by atoms with Gasteiger partial charge in [-0.2, -0.15) is 40.9 Å². The van der Waals surface area contributed by atoms with Crippen molar-refractivity contribution < 1.29 is 57.8 Å². The molecule has 4 aliphatic carbocycles. The van der Waals surface area contributed by atoms with Crippen LogP contribution in [0.15, 0.2) is 235 Å². The van der Waals surface area contributed by atoms with E-state index in [-0.39, 0.29) is 114 Å². The first kappa shape index (κ1) is 77.9. The molecule has 568 valence electrons. The number of carbonyl (C=O) groups is 4. The normalized spacial score (nSPS) is 18.3. The molecule has 0 amide bonds. The maximum atomic E-state index is 15.6. The molecule has 0 aromatic heterocycles. The molecule has 8 aromatic carbocycles. The molecule has 4 aliphatic rings. The molecule has 0 saturated heterocycles. The number of ether oxygens (including phenoxy) is 4. The molecule has 12 rings (SSSR count). The maximum Gasteiger partial charge on any atom is 0.312 e. The third kappa shape index (κ3) is 18.8. The summed E-state index contributed by atoms with van der Waals surface area (Å²) in [5, 5.41) is 78.8. The number of nitrogens with zero attached hydrogens (tertiary/aromatic N) is 16. The van der Waals surface area contributed by atoms with Gasteiger partial charge in [-0.1, -0.05) is 0 Å². The van der Waals surface area contributed by atoms with E-state index in [0.717, 1.165) is 22.7 Å². The van der Waals surface area contributed by atoms with Gasteiger partial charge in [0.1, 0.15) is 26.4 Å². The van der Waals surface area contributed by atoms with Gasteiger partial charge in [-0.25, -0.2) is 0 Å². The van der Waals surface area contributed by atoms with Gasteiger partial charge in [-0.15, -0.1) is 0 Å². The summed E-state index contributed by atoms with van der Waals surface area (Å²) in [6.45, 7) is 10.0. The summed E-state index contributed by atoms with van der Waals surface area (Å²) in [6, 6.07) is 51.4. The zero-order valence-corrected chi connectivity index (χ0v) is 60.9. The van der Waals surface area contributed by atoms with Gasteiger partial charge in [-0.05, 0) is 212 Å². The molecule has 32 heteroatoms. The molecular weight excluding hydrogens is 1420 g/mol. The molecular formula is C78H80N16O16. The Kier molecular flexibility index (Phi) is 24.8. The van der Waals surface area contributed by atoms with Gasteiger partial charge in [0.05, 0.1) is 113 Å². The molecule has 0 aliphatic heterocycles. The van der Waals surface area contributed by atoms with Crippen molar-refractivity contribution in [2.24, 2.45) is 62.6 Å². The quantitative estimate of drug-likeness (QED) is 0.0116. The highest BCUT2D eigenvalue weighted by Gasteiger charge is 2.77. The summed E-state index contributed by atoms with van der Waals surface area (Å²) in [4.78, 5) is 113. The molecule has 0 unspecified atom stereocenters. The summed E-state index contributed by atoms with van der Waals surface area (Å²) in [6.07, 6.45) is -0.651. The van der Waals surface area contributed by atoms with Gasteiger partial charge in [-0.3, -0.25) is 59.6 Å². The zero-order chi connectivity index (χ0) is 78.0. The lowest BCUT2D eigenvalue weighted by atomic mass is 9.35. The van der Waals surface area contributed by atoms with Crippen molar-refractivity contribution in [2.75, 3.05) is 98.4 Å². The van der Waals surface area contributed by atoms with E-state index in [0.29, 0.717) is 71.7 Å². The van der Waals surface area contributed by atoms with Crippen LogP contribution in [0.4, 0.5) is 91.0 Å². The van der Waals surface area contributed by atoms with Crippen LogP contribution < -0.4 is 19.6 Å². The minimum absolute atomic E-state index is 0.0759. The fourth-order valence-corrected chi connectivity index (χ4v) is 14.9. The average Bonchev–Trinajstić information content (AvgIpc) is 0.671. The summed E-state index contributed by atoms with van der Waals surface area (Å²) in [7, 11) is 0. The predicted molar refractivity (Wildman–Crippen MR) is 408 cm³/mol. The smallest absolute Gasteiger partial charge is 0.312 e. The number of non-ortho nitro benzene ring substituents is 4. The van der Waals surface area contributed by atoms with Crippen LogP contribution in [0.1, 0.15) is 66.2 Å². The molecule has 8 aromatic rings. The summed E-state index contributed by atoms with van der Waals surface area (Å²) < 4.78 is 25.4. The van der Waals surface area contributed by atoms with Crippen molar-refractivity contribution in [3.63, 3.8) is 0 Å². The number of hydrogen-bond acceptors (Lipinski definition) is 28. The van der Waals surface area contributed by atoms with Gasteiger partial charge in [0.2, 0.25) is 0 Å². The summed E-state index contributed by atoms with van der Waals surface area (Å²) in [5.41, 5.74) is 0.0147. The van der Waals surface area contributed by atoms with E-state index in [1.807, 2.05) is 95.8 Å². The second-order valence-electron chi connectivity index (χ2n) is 27.0. The Morgan fingerprint density at radius 1 is 0.282 bits per heavy atom. The number of esters is 4. The Morgan fingerprint density at radius 3 is 0.564 bits per heavy atom. The number of rotatable bonds is 36. The summed E-state index contributed by atoms with van der Waals surface area (Å²) >= 11 is 0. The van der Waals surface area contributed by atoms with Gasteiger partial charge in [0, 0.05) is 97.5 Å². The number of azo groups is 4. The number of nitro groups is 4. The number of nitro benzene ring substituents is 4. The van der Waals surface area contributed by atoms with Crippen LogP contribution in [0.5, 0.6) is 0 Å². The monoisotopic (exact) mass is 1500 g/mol. The van der Waals surface area contributed by atoms with Crippen molar-refractivity contribution in [2.45, 2.75) is 66.2 Å². The lowest BCUT2D eigenvalue weighted by molar-refractivity contribution is -0.385. The molecule has 0 spiro atoms. The number of hydrogen-bond donors (Lipinski definition) is 0. The number of anilines is 4. The third-order valence-corrected chi connectivity index (χ3v) is 19.9. The Balaban J connectivity index is 0.847. The van der Waals surface area contributed by atoms with Gasteiger partial charge in [0.15, 0.2) is 0 Å². The standard InChI is InChI=1S/C78H80N16O16/c1-5-87(63-25-9-55(10-26-63)79-83-59-17-33-67(34-18-59)91(99)100)41-45-107-71(95)75-49-76(72(96)108-46-42-88(6-2)64-27-11-56(12-28-64)80-84-60-19-35-68(36-20-60)92(101)102)52-77(50-75,73(97)109-47-43-89(7-3)65-29-13-57(14-30-65)81-85-61-21-37-69(38-22-61)93(103)104)54-78(51-75,53-76)74(98)110-48-44-90(8-4)66-31-15-58(16-32-66)82-86-62-23-39-70(40-24-62)94(105)106/h9-40H,5-8,41-54H2,1-4H3. The predicted octanol–water partition coefficient (Wildman–Crippen LogP) is 17.9. The molecule has 4 saturated carbocycles. The number of likely N-dealkylation sites (N-methyl/N-ethyl adjacent to an activating group) is 4. The van der Waals surface area contributed by atoms with Crippen molar-refractivity contribution >= 4 is 115 Å². The second kappa shape index (κ2) is 35.0. The fourth-order valence-electron chi connectivity index (χ4n) is 14.9. The topological polar surface area (TPSA) is 390 Å². The Morgan fingerprint density at radius 2 is 0.427 bits per heavy atom. The molecule has 110 heavy (non-hydrogen) atoms. The average molecular weight is 1500 g/mol. The van der Waals surface area contributed by atoms with E-state index < -0.39 is 65.2 Å². The highest BCUT2D eigenvalue weighted by Crippen LogP contribution is 2.75. The minimum Gasteiger partial charge on any atom is -0.463 e. The van der Waals surface area contributed by atoms with Gasteiger partial charge in [0.25, 0.3) is 22.7 Å². The summed E-state index contributed by atoms with van der Waals surface area (Å²) in [5.74, 6) is -2.80. The number of carbonyl (C=O) groups excluding carboxylic acids is 4. The van der Waals surface area contributed by atoms with Crippen LogP contribution in [-0.4, -0.2) is 122 Å². The largest absolute Gasteiger partial charge is 0.463 e. The second-order valence-corrected chi connectivity index (χ2v) is 27.0. The fraction of sp³-hybridized carbons (Fsp3) is 0.333. The molecule has 0 atom stereocenters. The van der Waals surface area contributed by atoms with Crippen LogP contribution in [0.25, 0.3) is 0 Å². The molecule has 32 nitrogen and oxygen atoms in total. The van der Waals surface area contributed by atoms with E-state index in [4.69, 9.17) is 18.9 Å². The first-order valence-electron chi connectivity index (χ1n) is 35.8. The van der Waals surface area contributed by atoms with Crippen molar-refractivity contribution in [3.05, 3.63) is 235 Å². The Bertz CT molecular complexity index is 4110. The Labute approximate surface area is 631 Å².